The Balaban J connectivity index is 1.70. The quantitative estimate of drug-likeness (QED) is 0.704. The highest BCUT2D eigenvalue weighted by Crippen LogP contribution is 2.52. The first-order chi connectivity index (χ1) is 12.8. The van der Waals surface area contributed by atoms with E-state index in [1.54, 1.807) is 24.3 Å². The van der Waals surface area contributed by atoms with Crippen molar-refractivity contribution in [2.45, 2.75) is 51.6 Å². The highest BCUT2D eigenvalue weighted by Gasteiger charge is 2.47. The van der Waals surface area contributed by atoms with Gasteiger partial charge in [-0.05, 0) is 61.8 Å². The van der Waals surface area contributed by atoms with Gasteiger partial charge in [0.25, 0.3) is 0 Å². The highest BCUT2D eigenvalue weighted by atomic mass is 19.1. The van der Waals surface area contributed by atoms with E-state index in [1.165, 1.54) is 12.1 Å². The molecule has 4 heteroatoms. The first kappa shape index (κ1) is 18.0. The normalized spacial score (nSPS) is 26.9. The number of halogens is 1. The molecule has 3 atom stereocenters. The van der Waals surface area contributed by atoms with Crippen LogP contribution >= 0.6 is 0 Å². The molecule has 2 heterocycles. The van der Waals surface area contributed by atoms with Crippen LogP contribution in [0.4, 0.5) is 4.39 Å². The summed E-state index contributed by atoms with van der Waals surface area (Å²) in [6.07, 6.45) is 6.48. The molecule has 1 fully saturated rings. The minimum atomic E-state index is -0.300. The van der Waals surface area contributed by atoms with Crippen molar-refractivity contribution in [2.75, 3.05) is 0 Å². The minimum Gasteiger partial charge on any atom is -0.487 e. The van der Waals surface area contributed by atoms with Gasteiger partial charge in [-0.1, -0.05) is 32.1 Å². The van der Waals surface area contributed by atoms with Gasteiger partial charge in [-0.15, -0.1) is 0 Å². The van der Waals surface area contributed by atoms with Gasteiger partial charge in [-0.25, -0.2) is 9.18 Å². The maximum atomic E-state index is 13.0. The molecule has 27 heavy (non-hydrogen) atoms. The van der Waals surface area contributed by atoms with Crippen LogP contribution < -0.4 is 10.4 Å². The van der Waals surface area contributed by atoms with Gasteiger partial charge < -0.3 is 9.15 Å². The predicted octanol–water partition coefficient (Wildman–Crippen LogP) is 5.64. The average Bonchev–Trinajstić information content (AvgIpc) is 2.60. The molecule has 0 amide bonds. The Morgan fingerprint density at radius 2 is 1.96 bits per heavy atom. The fraction of sp³-hybridized carbons (Fsp3) is 0.435. The molecule has 142 valence electrons. The van der Waals surface area contributed by atoms with E-state index in [0.29, 0.717) is 28.9 Å². The second-order valence-corrected chi connectivity index (χ2v) is 8.41. The number of fused-ring (bicyclic) bond motifs is 4. The maximum Gasteiger partial charge on any atom is 0.343 e. The van der Waals surface area contributed by atoms with E-state index in [1.807, 2.05) is 6.07 Å². The first-order valence-electron chi connectivity index (χ1n) is 9.65. The molecule has 1 saturated carbocycles. The number of ether oxygens (including phenoxy) is 1. The van der Waals surface area contributed by atoms with Gasteiger partial charge in [0.05, 0.1) is 5.56 Å². The van der Waals surface area contributed by atoms with Gasteiger partial charge in [0.1, 0.15) is 22.9 Å². The first-order valence-corrected chi connectivity index (χ1v) is 9.65. The van der Waals surface area contributed by atoms with Crippen LogP contribution in [0, 0.1) is 17.7 Å². The number of benzene rings is 1. The molecule has 2 aliphatic rings. The van der Waals surface area contributed by atoms with Gasteiger partial charge >= 0.3 is 5.63 Å². The van der Waals surface area contributed by atoms with Crippen LogP contribution in [0.1, 0.15) is 62.8 Å². The van der Waals surface area contributed by atoms with Crippen LogP contribution in [0.2, 0.25) is 0 Å². The lowest BCUT2D eigenvalue weighted by Crippen LogP contribution is -2.46. The number of hydrogen-bond acceptors (Lipinski definition) is 3. The molecule has 2 bridgehead atoms. The Kier molecular flexibility index (Phi) is 4.45. The Bertz CT molecular complexity index is 926. The molecule has 0 spiro atoms. The monoisotopic (exact) mass is 368 g/mol. The summed E-state index contributed by atoms with van der Waals surface area (Å²) >= 11 is 0. The summed E-state index contributed by atoms with van der Waals surface area (Å²) in [5.74, 6) is 2.02. The van der Waals surface area contributed by atoms with Crippen molar-refractivity contribution in [2.24, 2.45) is 11.8 Å². The molecule has 4 rings (SSSR count). The van der Waals surface area contributed by atoms with Crippen molar-refractivity contribution in [3.05, 3.63) is 63.5 Å². The largest absolute Gasteiger partial charge is 0.487 e. The smallest absolute Gasteiger partial charge is 0.343 e. The molecule has 2 aromatic rings. The third-order valence-electron chi connectivity index (χ3n) is 6.04. The second kappa shape index (κ2) is 6.66. The molecular formula is C23H25FO3. The van der Waals surface area contributed by atoms with Gasteiger partial charge in [0.2, 0.25) is 0 Å². The van der Waals surface area contributed by atoms with E-state index in [0.717, 1.165) is 24.8 Å². The molecule has 0 saturated heterocycles. The summed E-state index contributed by atoms with van der Waals surface area (Å²) in [5, 5.41) is 0. The summed E-state index contributed by atoms with van der Waals surface area (Å²) in [6, 6.07) is 7.98. The van der Waals surface area contributed by atoms with Crippen molar-refractivity contribution >= 4 is 12.2 Å². The van der Waals surface area contributed by atoms with E-state index in [9.17, 15) is 9.18 Å². The Labute approximate surface area is 158 Å². The van der Waals surface area contributed by atoms with Gasteiger partial charge in [0.15, 0.2) is 0 Å². The molecule has 3 nitrogen and oxygen atoms in total. The van der Waals surface area contributed by atoms with Crippen molar-refractivity contribution in [3.8, 4) is 5.75 Å². The van der Waals surface area contributed by atoms with Crippen LogP contribution in [-0.2, 0) is 0 Å². The fourth-order valence-electron chi connectivity index (χ4n) is 4.62. The average molecular weight is 368 g/mol. The molecule has 1 aliphatic heterocycles. The van der Waals surface area contributed by atoms with E-state index in [2.05, 4.69) is 20.8 Å². The van der Waals surface area contributed by atoms with Crippen molar-refractivity contribution in [3.63, 3.8) is 0 Å². The van der Waals surface area contributed by atoms with Gasteiger partial charge in [0, 0.05) is 12.0 Å². The summed E-state index contributed by atoms with van der Waals surface area (Å²) in [4.78, 5) is 12.8. The molecule has 0 radical (unpaired) electrons. The zero-order valence-corrected chi connectivity index (χ0v) is 16.0. The van der Waals surface area contributed by atoms with E-state index < -0.39 is 0 Å². The van der Waals surface area contributed by atoms with E-state index in [-0.39, 0.29) is 23.0 Å². The van der Waals surface area contributed by atoms with Crippen LogP contribution in [0.25, 0.3) is 12.2 Å². The topological polar surface area (TPSA) is 39.4 Å². The van der Waals surface area contributed by atoms with Crippen molar-refractivity contribution in [1.82, 2.24) is 0 Å². The molecular weight excluding hydrogens is 343 g/mol. The third-order valence-corrected chi connectivity index (χ3v) is 6.04. The summed E-state index contributed by atoms with van der Waals surface area (Å²) in [7, 11) is 0. The second-order valence-electron chi connectivity index (χ2n) is 8.41. The predicted molar refractivity (Wildman–Crippen MR) is 104 cm³/mol. The Hall–Kier alpha value is -2.36. The van der Waals surface area contributed by atoms with Crippen LogP contribution in [-0.4, -0.2) is 5.60 Å². The molecule has 0 N–H and O–H groups in total. The summed E-state index contributed by atoms with van der Waals surface area (Å²) in [5.41, 5.74) is 1.02. The van der Waals surface area contributed by atoms with Crippen LogP contribution in [0.3, 0.4) is 0 Å². The van der Waals surface area contributed by atoms with Crippen molar-refractivity contribution in [1.29, 1.82) is 0 Å². The van der Waals surface area contributed by atoms with Crippen molar-refractivity contribution < 1.29 is 13.5 Å². The zero-order chi connectivity index (χ0) is 19.2. The summed E-state index contributed by atoms with van der Waals surface area (Å²) in [6.45, 7) is 6.59. The van der Waals surface area contributed by atoms with Gasteiger partial charge in [-0.2, -0.15) is 0 Å². The minimum absolute atomic E-state index is 0.193. The number of hydrogen-bond donors (Lipinski definition) is 0. The van der Waals surface area contributed by atoms with Crippen LogP contribution in [0.15, 0.2) is 39.5 Å². The van der Waals surface area contributed by atoms with E-state index in [4.69, 9.17) is 9.15 Å². The summed E-state index contributed by atoms with van der Waals surface area (Å²) < 4.78 is 24.9. The lowest BCUT2D eigenvalue weighted by Gasteiger charge is -2.48. The lowest BCUT2D eigenvalue weighted by molar-refractivity contribution is -0.00977. The van der Waals surface area contributed by atoms with Gasteiger partial charge in [-0.3, -0.25) is 0 Å². The molecule has 1 aliphatic carbocycles. The SMILES string of the molecule is CC(C)[C@H]1CC[C@@]2(C)C[C@@H]1c1c(cc(/C=C/c3ccc(F)cc3)oc1=O)O2. The number of rotatable bonds is 3. The fourth-order valence-corrected chi connectivity index (χ4v) is 4.62. The molecule has 0 unspecified atom stereocenters. The maximum absolute atomic E-state index is 13.0. The molecule has 1 aromatic carbocycles. The van der Waals surface area contributed by atoms with Crippen LogP contribution in [0.5, 0.6) is 5.75 Å². The Morgan fingerprint density at radius 3 is 2.67 bits per heavy atom. The molecule has 1 aromatic heterocycles. The van der Waals surface area contributed by atoms with E-state index >= 15 is 0 Å². The standard InChI is InChI=1S/C23H25FO3/c1-14(2)18-10-11-23(3)13-19(18)21-20(27-23)12-17(26-22(21)25)9-6-15-4-7-16(24)8-5-15/h4-9,12,14,18-19H,10-11,13H2,1-3H3/b9-6+/t18-,19+,23+/m1/s1. The zero-order valence-electron chi connectivity index (χ0n) is 16.0. The third kappa shape index (κ3) is 3.45. The lowest BCUT2D eigenvalue weighted by atomic mass is 9.64. The highest BCUT2D eigenvalue weighted by molar-refractivity contribution is 5.68. The Morgan fingerprint density at radius 1 is 1.22 bits per heavy atom.